The highest BCUT2D eigenvalue weighted by atomic mass is 32.2. The Morgan fingerprint density at radius 1 is 1.07 bits per heavy atom. The van der Waals surface area contributed by atoms with E-state index < -0.39 is 0 Å². The molecule has 0 saturated heterocycles. The molecule has 3 aromatic rings. The molecular weight excluding hydrogens is 368 g/mol. The first-order valence-electron chi connectivity index (χ1n) is 9.48. The van der Waals surface area contributed by atoms with Gasteiger partial charge in [-0.1, -0.05) is 35.9 Å². The minimum absolute atomic E-state index is 0.0705. The highest BCUT2D eigenvalue weighted by Gasteiger charge is 2.09. The van der Waals surface area contributed by atoms with Gasteiger partial charge >= 0.3 is 0 Å². The summed E-state index contributed by atoms with van der Waals surface area (Å²) in [5, 5.41) is 3.04. The van der Waals surface area contributed by atoms with Crippen molar-refractivity contribution in [1.82, 2.24) is 4.98 Å². The Morgan fingerprint density at radius 2 is 1.79 bits per heavy atom. The normalized spacial score (nSPS) is 10.8. The van der Waals surface area contributed by atoms with Gasteiger partial charge in [0, 0.05) is 23.4 Å². The fourth-order valence-electron chi connectivity index (χ4n) is 2.93. The Morgan fingerprint density at radius 3 is 2.50 bits per heavy atom. The number of hydrogen-bond acceptors (Lipinski definition) is 4. The number of oxazole rings is 1. The highest BCUT2D eigenvalue weighted by Crippen LogP contribution is 2.22. The number of hydrogen-bond donors (Lipinski definition) is 1. The Labute approximate surface area is 170 Å². The molecule has 5 heteroatoms. The molecule has 0 saturated carbocycles. The van der Waals surface area contributed by atoms with E-state index >= 15 is 0 Å². The molecule has 2 aromatic carbocycles. The summed E-state index contributed by atoms with van der Waals surface area (Å²) in [7, 11) is 0. The number of rotatable bonds is 8. The zero-order chi connectivity index (χ0) is 19.9. The monoisotopic (exact) mass is 394 g/mol. The predicted octanol–water partition coefficient (Wildman–Crippen LogP) is 5.92. The Bertz CT molecular complexity index is 912. The maximum atomic E-state index is 12.2. The van der Waals surface area contributed by atoms with Gasteiger partial charge in [-0.25, -0.2) is 4.98 Å². The number of aromatic nitrogens is 1. The Hall–Kier alpha value is -2.53. The molecule has 0 spiro atoms. The van der Waals surface area contributed by atoms with Crippen molar-refractivity contribution in [3.05, 3.63) is 71.1 Å². The fraction of sp³-hybridized carbons (Fsp3) is 0.304. The largest absolute Gasteiger partial charge is 0.444 e. The SMILES string of the molecule is Cc1ccc(-c2nc(CSCCCC(=O)Nc3c(C)cccc3C)co2)cc1. The molecule has 0 aliphatic rings. The molecule has 0 radical (unpaired) electrons. The van der Waals surface area contributed by atoms with Gasteiger partial charge in [0.2, 0.25) is 11.8 Å². The molecule has 0 aliphatic carbocycles. The van der Waals surface area contributed by atoms with Crippen LogP contribution in [0.25, 0.3) is 11.5 Å². The van der Waals surface area contributed by atoms with Crippen LogP contribution >= 0.6 is 11.8 Å². The first kappa shape index (κ1) is 20.2. The number of para-hydroxylation sites is 1. The predicted molar refractivity (Wildman–Crippen MR) is 117 cm³/mol. The quantitative estimate of drug-likeness (QED) is 0.482. The van der Waals surface area contributed by atoms with E-state index in [1.54, 1.807) is 18.0 Å². The van der Waals surface area contributed by atoms with Gasteiger partial charge in [0.15, 0.2) is 0 Å². The molecule has 0 atom stereocenters. The van der Waals surface area contributed by atoms with Gasteiger partial charge in [-0.05, 0) is 56.2 Å². The van der Waals surface area contributed by atoms with Crippen LogP contribution in [0.15, 0.2) is 53.1 Å². The van der Waals surface area contributed by atoms with E-state index in [0.29, 0.717) is 12.3 Å². The van der Waals surface area contributed by atoms with Gasteiger partial charge < -0.3 is 9.73 Å². The van der Waals surface area contributed by atoms with Gasteiger partial charge in [0.25, 0.3) is 0 Å². The third-order valence-corrected chi connectivity index (χ3v) is 5.62. The zero-order valence-electron chi connectivity index (χ0n) is 16.6. The van der Waals surface area contributed by atoms with Gasteiger partial charge in [0.1, 0.15) is 6.26 Å². The minimum atomic E-state index is 0.0705. The molecule has 146 valence electrons. The van der Waals surface area contributed by atoms with Crippen LogP contribution in [0.5, 0.6) is 0 Å². The number of benzene rings is 2. The van der Waals surface area contributed by atoms with Gasteiger partial charge in [-0.3, -0.25) is 4.79 Å². The van der Waals surface area contributed by atoms with E-state index in [0.717, 1.165) is 46.0 Å². The Balaban J connectivity index is 1.39. The van der Waals surface area contributed by atoms with Crippen LogP contribution in [-0.2, 0) is 10.5 Å². The number of anilines is 1. The summed E-state index contributed by atoms with van der Waals surface area (Å²) < 4.78 is 5.59. The number of carbonyl (C=O) groups excluding carboxylic acids is 1. The molecule has 1 aromatic heterocycles. The van der Waals surface area contributed by atoms with Crippen LogP contribution in [0.1, 0.15) is 35.2 Å². The number of aryl methyl sites for hydroxylation is 3. The van der Waals surface area contributed by atoms with Gasteiger partial charge in [0.05, 0.1) is 5.69 Å². The molecule has 3 rings (SSSR count). The standard InChI is InChI=1S/C23H26N2O2S/c1-16-9-11-19(12-10-16)23-24-20(14-27-23)15-28-13-5-8-21(26)25-22-17(2)6-4-7-18(22)3/h4,6-7,9-12,14H,5,8,13,15H2,1-3H3,(H,25,26). The van der Waals surface area contributed by atoms with Crippen molar-refractivity contribution in [2.75, 3.05) is 11.1 Å². The summed E-state index contributed by atoms with van der Waals surface area (Å²) in [5.74, 6) is 2.42. The maximum absolute atomic E-state index is 12.2. The summed E-state index contributed by atoms with van der Waals surface area (Å²) >= 11 is 1.77. The first-order valence-corrected chi connectivity index (χ1v) is 10.6. The second-order valence-electron chi connectivity index (χ2n) is 6.98. The van der Waals surface area contributed by atoms with Crippen molar-refractivity contribution >= 4 is 23.4 Å². The van der Waals surface area contributed by atoms with Crippen molar-refractivity contribution < 1.29 is 9.21 Å². The molecule has 0 bridgehead atoms. The van der Waals surface area contributed by atoms with E-state index in [2.05, 4.69) is 29.4 Å². The summed E-state index contributed by atoms with van der Waals surface area (Å²) in [6.45, 7) is 6.09. The summed E-state index contributed by atoms with van der Waals surface area (Å²) in [6, 6.07) is 14.2. The number of thioether (sulfide) groups is 1. The smallest absolute Gasteiger partial charge is 0.226 e. The topological polar surface area (TPSA) is 55.1 Å². The van der Waals surface area contributed by atoms with Crippen molar-refractivity contribution in [2.24, 2.45) is 0 Å². The minimum Gasteiger partial charge on any atom is -0.444 e. The van der Waals surface area contributed by atoms with E-state index in [9.17, 15) is 4.79 Å². The number of nitrogens with one attached hydrogen (secondary N) is 1. The van der Waals surface area contributed by atoms with Crippen LogP contribution in [0, 0.1) is 20.8 Å². The molecule has 0 fully saturated rings. The molecule has 28 heavy (non-hydrogen) atoms. The zero-order valence-corrected chi connectivity index (χ0v) is 17.4. The van der Waals surface area contributed by atoms with E-state index in [4.69, 9.17) is 4.42 Å². The fourth-order valence-corrected chi connectivity index (χ4v) is 3.76. The van der Waals surface area contributed by atoms with Gasteiger partial charge in [-0.2, -0.15) is 11.8 Å². The van der Waals surface area contributed by atoms with Gasteiger partial charge in [-0.15, -0.1) is 0 Å². The van der Waals surface area contributed by atoms with Crippen LogP contribution in [-0.4, -0.2) is 16.6 Å². The van der Waals surface area contributed by atoms with Crippen molar-refractivity contribution in [2.45, 2.75) is 39.4 Å². The Kier molecular flexibility index (Phi) is 6.93. The van der Waals surface area contributed by atoms with Crippen LogP contribution in [0.4, 0.5) is 5.69 Å². The average molecular weight is 395 g/mol. The van der Waals surface area contributed by atoms with Crippen molar-refractivity contribution in [3.63, 3.8) is 0 Å². The lowest BCUT2D eigenvalue weighted by molar-refractivity contribution is -0.116. The lowest BCUT2D eigenvalue weighted by atomic mass is 10.1. The molecule has 1 heterocycles. The lowest BCUT2D eigenvalue weighted by Gasteiger charge is -2.11. The van der Waals surface area contributed by atoms with Crippen LogP contribution in [0.3, 0.4) is 0 Å². The molecule has 0 aliphatic heterocycles. The number of nitrogens with zero attached hydrogens (tertiary/aromatic N) is 1. The number of carbonyl (C=O) groups is 1. The summed E-state index contributed by atoms with van der Waals surface area (Å²) in [4.78, 5) is 16.7. The van der Waals surface area contributed by atoms with Crippen LogP contribution < -0.4 is 5.32 Å². The summed E-state index contributed by atoms with van der Waals surface area (Å²) in [5.41, 5.74) is 6.26. The van der Waals surface area contributed by atoms with E-state index in [-0.39, 0.29) is 5.91 Å². The van der Waals surface area contributed by atoms with E-state index in [1.807, 2.05) is 44.2 Å². The van der Waals surface area contributed by atoms with Crippen LogP contribution in [0.2, 0.25) is 0 Å². The molecular formula is C23H26N2O2S. The maximum Gasteiger partial charge on any atom is 0.226 e. The highest BCUT2D eigenvalue weighted by molar-refractivity contribution is 7.98. The van der Waals surface area contributed by atoms with Crippen molar-refractivity contribution in [1.29, 1.82) is 0 Å². The lowest BCUT2D eigenvalue weighted by Crippen LogP contribution is -2.13. The molecule has 4 nitrogen and oxygen atoms in total. The second-order valence-corrected chi connectivity index (χ2v) is 8.09. The van der Waals surface area contributed by atoms with E-state index in [1.165, 1.54) is 5.56 Å². The second kappa shape index (κ2) is 9.60. The number of amides is 1. The molecule has 1 amide bonds. The first-order chi connectivity index (χ1) is 13.5. The molecule has 0 unspecified atom stereocenters. The summed E-state index contributed by atoms with van der Waals surface area (Å²) in [6.07, 6.45) is 3.08. The average Bonchev–Trinajstić information content (AvgIpc) is 3.14. The molecule has 1 N–H and O–H groups in total. The van der Waals surface area contributed by atoms with Crippen molar-refractivity contribution in [3.8, 4) is 11.5 Å². The third-order valence-electron chi connectivity index (χ3n) is 4.54. The third kappa shape index (κ3) is 5.49.